The fourth-order valence-corrected chi connectivity index (χ4v) is 4.20. The molecule has 37 heavy (non-hydrogen) atoms. The summed E-state index contributed by atoms with van der Waals surface area (Å²) in [6, 6.07) is 17.6. The van der Waals surface area contributed by atoms with E-state index in [4.69, 9.17) is 32.7 Å². The standard InChI is InChI=1S/C27H26BrCl2N3O4/c1-16(2)25(26(34)32-19-6-8-20(36-3)9-7-19)27(35)33-31-14-17-5-11-24(21(28)12-17)37-15-18-4-10-22(29)23(30)13-18/h4-14,16,25H,15H2,1-3H3,(H,32,34)(H,33,35). The molecule has 1 unspecified atom stereocenters. The first-order valence-electron chi connectivity index (χ1n) is 11.3. The number of halogens is 3. The summed E-state index contributed by atoms with van der Waals surface area (Å²) < 4.78 is 11.7. The Labute approximate surface area is 234 Å². The molecule has 3 rings (SSSR count). The maximum absolute atomic E-state index is 12.8. The Morgan fingerprint density at radius 1 is 1.00 bits per heavy atom. The van der Waals surface area contributed by atoms with Gasteiger partial charge in [-0.15, -0.1) is 0 Å². The van der Waals surface area contributed by atoms with Gasteiger partial charge >= 0.3 is 0 Å². The SMILES string of the molecule is COc1ccc(NC(=O)C(C(=O)NN=Cc2ccc(OCc3ccc(Cl)c(Cl)c3)c(Br)c2)C(C)C)cc1. The van der Waals surface area contributed by atoms with Crippen LogP contribution < -0.4 is 20.2 Å². The van der Waals surface area contributed by atoms with Gasteiger partial charge in [0.25, 0.3) is 5.91 Å². The van der Waals surface area contributed by atoms with Gasteiger partial charge in [0.1, 0.15) is 24.0 Å². The molecule has 7 nitrogen and oxygen atoms in total. The van der Waals surface area contributed by atoms with E-state index in [0.29, 0.717) is 38.3 Å². The lowest BCUT2D eigenvalue weighted by atomic mass is 9.94. The molecular weight excluding hydrogens is 581 g/mol. The second-order valence-electron chi connectivity index (χ2n) is 8.40. The minimum absolute atomic E-state index is 0.241. The van der Waals surface area contributed by atoms with Crippen LogP contribution in [0.25, 0.3) is 0 Å². The van der Waals surface area contributed by atoms with Gasteiger partial charge in [-0.25, -0.2) is 5.43 Å². The normalized spacial score (nSPS) is 11.9. The molecule has 0 saturated heterocycles. The van der Waals surface area contributed by atoms with Gasteiger partial charge in [0.2, 0.25) is 5.91 Å². The number of ether oxygens (including phenoxy) is 2. The summed E-state index contributed by atoms with van der Waals surface area (Å²) in [5.41, 5.74) is 4.64. The van der Waals surface area contributed by atoms with Crippen molar-refractivity contribution in [2.24, 2.45) is 16.9 Å². The lowest BCUT2D eigenvalue weighted by Crippen LogP contribution is -2.39. The lowest BCUT2D eigenvalue weighted by Gasteiger charge is -2.18. The highest BCUT2D eigenvalue weighted by Gasteiger charge is 2.30. The Morgan fingerprint density at radius 2 is 1.73 bits per heavy atom. The van der Waals surface area contributed by atoms with Crippen LogP contribution in [0.2, 0.25) is 10.0 Å². The second-order valence-corrected chi connectivity index (χ2v) is 10.1. The molecule has 0 heterocycles. The molecule has 0 aliphatic rings. The predicted octanol–water partition coefficient (Wildman–Crippen LogP) is 6.70. The highest BCUT2D eigenvalue weighted by Crippen LogP contribution is 2.28. The second kappa shape index (κ2) is 13.5. The molecular formula is C27H26BrCl2N3O4. The third-order valence-corrected chi connectivity index (χ3v) is 6.67. The van der Waals surface area contributed by atoms with Crippen LogP contribution in [0.5, 0.6) is 11.5 Å². The molecule has 0 aromatic heterocycles. The summed E-state index contributed by atoms with van der Waals surface area (Å²) in [6.45, 7) is 3.92. The number of anilines is 1. The van der Waals surface area contributed by atoms with E-state index in [2.05, 4.69) is 31.8 Å². The van der Waals surface area contributed by atoms with Crippen LogP contribution in [0.4, 0.5) is 5.69 Å². The molecule has 0 aliphatic heterocycles. The summed E-state index contributed by atoms with van der Waals surface area (Å²) >= 11 is 15.5. The molecule has 2 amide bonds. The zero-order valence-corrected chi connectivity index (χ0v) is 23.5. The number of hydrogen-bond acceptors (Lipinski definition) is 5. The first-order chi connectivity index (χ1) is 17.7. The van der Waals surface area contributed by atoms with Crippen molar-refractivity contribution in [3.63, 3.8) is 0 Å². The maximum Gasteiger partial charge on any atom is 0.252 e. The van der Waals surface area contributed by atoms with Crippen LogP contribution in [-0.4, -0.2) is 25.1 Å². The fourth-order valence-electron chi connectivity index (χ4n) is 3.36. The third kappa shape index (κ3) is 8.21. The molecule has 0 radical (unpaired) electrons. The molecule has 194 valence electrons. The molecule has 3 aromatic rings. The topological polar surface area (TPSA) is 89.0 Å². The number of methoxy groups -OCH3 is 1. The van der Waals surface area contributed by atoms with Gasteiger partial charge in [0.05, 0.1) is 27.8 Å². The van der Waals surface area contributed by atoms with Crippen LogP contribution in [0, 0.1) is 11.8 Å². The van der Waals surface area contributed by atoms with Crippen LogP contribution in [-0.2, 0) is 16.2 Å². The maximum atomic E-state index is 12.8. The van der Waals surface area contributed by atoms with Crippen molar-refractivity contribution in [3.8, 4) is 11.5 Å². The highest BCUT2D eigenvalue weighted by molar-refractivity contribution is 9.10. The monoisotopic (exact) mass is 605 g/mol. The quantitative estimate of drug-likeness (QED) is 0.153. The third-order valence-electron chi connectivity index (χ3n) is 5.31. The first-order valence-corrected chi connectivity index (χ1v) is 12.9. The van der Waals surface area contributed by atoms with Gasteiger partial charge < -0.3 is 14.8 Å². The van der Waals surface area contributed by atoms with Gasteiger partial charge in [-0.2, -0.15) is 5.10 Å². The number of nitrogens with one attached hydrogen (secondary N) is 2. The van der Waals surface area contributed by atoms with Crippen LogP contribution in [0.3, 0.4) is 0 Å². The zero-order chi connectivity index (χ0) is 26.9. The first kappa shape index (κ1) is 28.5. The summed E-state index contributed by atoms with van der Waals surface area (Å²) in [4.78, 5) is 25.5. The Kier molecular flexibility index (Phi) is 10.4. The Morgan fingerprint density at radius 3 is 2.35 bits per heavy atom. The Bertz CT molecular complexity index is 1280. The summed E-state index contributed by atoms with van der Waals surface area (Å²) in [5.74, 6) is -0.791. The number of amides is 2. The summed E-state index contributed by atoms with van der Waals surface area (Å²) in [5, 5.41) is 7.75. The highest BCUT2D eigenvalue weighted by atomic mass is 79.9. The van der Waals surface area contributed by atoms with Crippen LogP contribution >= 0.6 is 39.1 Å². The molecule has 2 N–H and O–H groups in total. The van der Waals surface area contributed by atoms with Crippen LogP contribution in [0.1, 0.15) is 25.0 Å². The Hall–Kier alpha value is -3.07. The minimum Gasteiger partial charge on any atom is -0.497 e. The van der Waals surface area contributed by atoms with Crippen molar-refractivity contribution in [2.75, 3.05) is 12.4 Å². The van der Waals surface area contributed by atoms with Crippen molar-refractivity contribution >= 4 is 62.8 Å². The number of hydrogen-bond donors (Lipinski definition) is 2. The van der Waals surface area contributed by atoms with Crippen molar-refractivity contribution < 1.29 is 19.1 Å². The lowest BCUT2D eigenvalue weighted by molar-refractivity contribution is -0.134. The number of carbonyl (C=O) groups excluding carboxylic acids is 2. The van der Waals surface area contributed by atoms with E-state index in [1.165, 1.54) is 6.21 Å². The van der Waals surface area contributed by atoms with E-state index in [9.17, 15) is 9.59 Å². The number of rotatable bonds is 10. The van der Waals surface area contributed by atoms with E-state index >= 15 is 0 Å². The van der Waals surface area contributed by atoms with E-state index < -0.39 is 17.7 Å². The summed E-state index contributed by atoms with van der Waals surface area (Å²) in [6.07, 6.45) is 1.49. The van der Waals surface area contributed by atoms with Gasteiger partial charge in [0.15, 0.2) is 0 Å². The van der Waals surface area contributed by atoms with Gasteiger partial charge in [-0.05, 0) is 87.6 Å². The molecule has 3 aromatic carbocycles. The van der Waals surface area contributed by atoms with Gasteiger partial charge in [0, 0.05) is 5.69 Å². The van der Waals surface area contributed by atoms with E-state index in [-0.39, 0.29) is 5.92 Å². The Balaban J connectivity index is 1.58. The molecule has 1 atom stereocenters. The molecule has 0 spiro atoms. The zero-order valence-electron chi connectivity index (χ0n) is 20.4. The van der Waals surface area contributed by atoms with E-state index in [0.717, 1.165) is 11.1 Å². The number of benzene rings is 3. The van der Waals surface area contributed by atoms with Gasteiger partial charge in [-0.3, -0.25) is 9.59 Å². The van der Waals surface area contributed by atoms with Crippen molar-refractivity contribution in [2.45, 2.75) is 20.5 Å². The van der Waals surface area contributed by atoms with Crippen LogP contribution in [0.15, 0.2) is 70.2 Å². The van der Waals surface area contributed by atoms with Crippen molar-refractivity contribution in [1.82, 2.24) is 5.43 Å². The number of hydrazone groups is 1. The summed E-state index contributed by atoms with van der Waals surface area (Å²) in [7, 11) is 1.56. The molecule has 0 saturated carbocycles. The largest absolute Gasteiger partial charge is 0.497 e. The van der Waals surface area contributed by atoms with E-state index in [1.807, 2.05) is 6.07 Å². The molecule has 0 fully saturated rings. The number of nitrogens with zero attached hydrogens (tertiary/aromatic N) is 1. The molecule has 0 bridgehead atoms. The fraction of sp³-hybridized carbons (Fsp3) is 0.222. The smallest absolute Gasteiger partial charge is 0.252 e. The minimum atomic E-state index is -0.928. The van der Waals surface area contributed by atoms with Crippen molar-refractivity contribution in [1.29, 1.82) is 0 Å². The number of carbonyl (C=O) groups is 2. The van der Waals surface area contributed by atoms with Gasteiger partial charge in [-0.1, -0.05) is 43.1 Å². The molecule has 10 heteroatoms. The molecule has 0 aliphatic carbocycles. The average molecular weight is 607 g/mol. The van der Waals surface area contributed by atoms with Crippen molar-refractivity contribution in [3.05, 3.63) is 86.3 Å². The van der Waals surface area contributed by atoms with E-state index in [1.54, 1.807) is 75.6 Å². The average Bonchev–Trinajstić information content (AvgIpc) is 2.86. The predicted molar refractivity (Wildman–Crippen MR) is 151 cm³/mol.